The Hall–Kier alpha value is -2.91. The maximum absolute atomic E-state index is 13.1. The Kier molecular flexibility index (Phi) is 6.97. The van der Waals surface area contributed by atoms with Crippen molar-refractivity contribution in [1.29, 1.82) is 0 Å². The molecule has 0 saturated carbocycles. The molecule has 2 aromatic carbocycles. The van der Waals surface area contributed by atoms with E-state index in [9.17, 15) is 18.0 Å². The summed E-state index contributed by atoms with van der Waals surface area (Å²) in [7, 11) is -2.40. The Morgan fingerprint density at radius 3 is 2.29 bits per heavy atom. The molecule has 0 bridgehead atoms. The quantitative estimate of drug-likeness (QED) is 0.724. The lowest BCUT2D eigenvalue weighted by Gasteiger charge is -2.32. The SMILES string of the molecule is COC(=O)Nc1ccc(NC(=O)c2cc(S(=O)(=O)N3CCCCC3C)ccc2C)cc1. The molecule has 1 unspecified atom stereocenters. The maximum Gasteiger partial charge on any atom is 0.411 e. The summed E-state index contributed by atoms with van der Waals surface area (Å²) in [5, 5.41) is 5.30. The second kappa shape index (κ2) is 9.49. The van der Waals surface area contributed by atoms with Crippen LogP contribution in [0, 0.1) is 6.92 Å². The highest BCUT2D eigenvalue weighted by molar-refractivity contribution is 7.89. The van der Waals surface area contributed by atoms with Crippen LogP contribution in [0.5, 0.6) is 0 Å². The summed E-state index contributed by atoms with van der Waals surface area (Å²) in [5.74, 6) is -0.407. The number of amides is 2. The monoisotopic (exact) mass is 445 g/mol. The number of hydrogen-bond acceptors (Lipinski definition) is 5. The van der Waals surface area contributed by atoms with E-state index >= 15 is 0 Å². The first-order valence-electron chi connectivity index (χ1n) is 10.1. The second-order valence-corrected chi connectivity index (χ2v) is 9.48. The van der Waals surface area contributed by atoms with Crippen molar-refractivity contribution in [2.45, 2.75) is 44.0 Å². The van der Waals surface area contributed by atoms with E-state index in [4.69, 9.17) is 0 Å². The number of rotatable bonds is 5. The minimum atomic E-state index is -3.68. The fraction of sp³-hybridized carbons (Fsp3) is 0.364. The van der Waals surface area contributed by atoms with Crippen LogP contribution in [-0.2, 0) is 14.8 Å². The van der Waals surface area contributed by atoms with Gasteiger partial charge in [-0.3, -0.25) is 10.1 Å². The molecule has 166 valence electrons. The zero-order chi connectivity index (χ0) is 22.6. The Labute approximate surface area is 182 Å². The third kappa shape index (κ3) is 5.23. The molecule has 1 saturated heterocycles. The maximum atomic E-state index is 13.1. The van der Waals surface area contributed by atoms with Gasteiger partial charge in [0.2, 0.25) is 10.0 Å². The number of piperidine rings is 1. The minimum Gasteiger partial charge on any atom is -0.453 e. The molecule has 31 heavy (non-hydrogen) atoms. The fourth-order valence-electron chi connectivity index (χ4n) is 3.57. The van der Waals surface area contributed by atoms with Crippen molar-refractivity contribution in [2.75, 3.05) is 24.3 Å². The van der Waals surface area contributed by atoms with Crippen LogP contribution in [0.1, 0.15) is 42.1 Å². The Balaban J connectivity index is 1.79. The van der Waals surface area contributed by atoms with Gasteiger partial charge in [0.25, 0.3) is 5.91 Å². The van der Waals surface area contributed by atoms with Crippen molar-refractivity contribution in [1.82, 2.24) is 4.31 Å². The molecule has 2 N–H and O–H groups in total. The topological polar surface area (TPSA) is 105 Å². The van der Waals surface area contributed by atoms with E-state index in [1.807, 2.05) is 6.92 Å². The number of nitrogens with zero attached hydrogens (tertiary/aromatic N) is 1. The molecule has 2 aromatic rings. The molecule has 0 aliphatic carbocycles. The van der Waals surface area contributed by atoms with Crippen molar-refractivity contribution in [3.63, 3.8) is 0 Å². The van der Waals surface area contributed by atoms with E-state index < -0.39 is 22.0 Å². The van der Waals surface area contributed by atoms with Gasteiger partial charge in [-0.05, 0) is 68.7 Å². The minimum absolute atomic E-state index is 0.0607. The zero-order valence-corrected chi connectivity index (χ0v) is 18.7. The molecular formula is C22H27N3O5S. The highest BCUT2D eigenvalue weighted by atomic mass is 32.2. The van der Waals surface area contributed by atoms with E-state index in [0.717, 1.165) is 19.3 Å². The lowest BCUT2D eigenvalue weighted by Crippen LogP contribution is -2.42. The van der Waals surface area contributed by atoms with Gasteiger partial charge in [0, 0.05) is 29.5 Å². The number of anilines is 2. The third-order valence-electron chi connectivity index (χ3n) is 5.38. The van der Waals surface area contributed by atoms with Crippen LogP contribution in [0.2, 0.25) is 0 Å². The lowest BCUT2D eigenvalue weighted by molar-refractivity contribution is 0.102. The Morgan fingerprint density at radius 1 is 1.03 bits per heavy atom. The van der Waals surface area contributed by atoms with Crippen LogP contribution in [0.4, 0.5) is 16.2 Å². The fourth-order valence-corrected chi connectivity index (χ4v) is 5.30. The molecule has 1 aliphatic rings. The standard InChI is InChI=1S/C22H27N3O5S/c1-15-7-12-19(31(28,29)25-13-5-4-6-16(25)2)14-20(15)21(26)23-17-8-10-18(11-9-17)24-22(27)30-3/h7-12,14,16H,4-6,13H2,1-3H3,(H,23,26)(H,24,27). The molecule has 0 spiro atoms. The van der Waals surface area contributed by atoms with Crippen molar-refractivity contribution in [2.24, 2.45) is 0 Å². The Morgan fingerprint density at radius 2 is 1.68 bits per heavy atom. The average molecular weight is 446 g/mol. The number of ether oxygens (including phenoxy) is 1. The van der Waals surface area contributed by atoms with E-state index in [2.05, 4.69) is 15.4 Å². The molecule has 0 radical (unpaired) electrons. The first kappa shape index (κ1) is 22.8. The number of carbonyl (C=O) groups excluding carboxylic acids is 2. The second-order valence-electron chi connectivity index (χ2n) is 7.59. The molecule has 2 amide bonds. The van der Waals surface area contributed by atoms with Crippen LogP contribution in [0.15, 0.2) is 47.4 Å². The highest BCUT2D eigenvalue weighted by Crippen LogP contribution is 2.27. The van der Waals surface area contributed by atoms with Crippen LogP contribution < -0.4 is 10.6 Å². The summed E-state index contributed by atoms with van der Waals surface area (Å²) in [6.07, 6.45) is 2.10. The summed E-state index contributed by atoms with van der Waals surface area (Å²) in [6.45, 7) is 4.17. The zero-order valence-electron chi connectivity index (χ0n) is 17.8. The number of carbonyl (C=O) groups is 2. The molecule has 9 heteroatoms. The molecule has 8 nitrogen and oxygen atoms in total. The van der Waals surface area contributed by atoms with Crippen molar-refractivity contribution in [3.8, 4) is 0 Å². The van der Waals surface area contributed by atoms with E-state index in [1.54, 1.807) is 43.3 Å². The molecule has 1 atom stereocenters. The summed E-state index contributed by atoms with van der Waals surface area (Å²) in [6, 6.07) is 11.1. The van der Waals surface area contributed by atoms with E-state index in [-0.39, 0.29) is 10.9 Å². The highest BCUT2D eigenvalue weighted by Gasteiger charge is 2.31. The van der Waals surface area contributed by atoms with Gasteiger partial charge < -0.3 is 10.1 Å². The molecule has 1 aliphatic heterocycles. The number of sulfonamides is 1. The lowest BCUT2D eigenvalue weighted by atomic mass is 10.1. The van der Waals surface area contributed by atoms with E-state index in [1.165, 1.54) is 17.5 Å². The number of hydrogen-bond donors (Lipinski definition) is 2. The van der Waals surface area contributed by atoms with Gasteiger partial charge in [-0.25, -0.2) is 13.2 Å². The van der Waals surface area contributed by atoms with Crippen LogP contribution in [-0.4, -0.2) is 44.4 Å². The Bertz CT molecular complexity index is 1070. The van der Waals surface area contributed by atoms with Crippen molar-refractivity contribution < 1.29 is 22.7 Å². The number of methoxy groups -OCH3 is 1. The summed E-state index contributed by atoms with van der Waals surface area (Å²) >= 11 is 0. The number of aryl methyl sites for hydroxylation is 1. The van der Waals surface area contributed by atoms with Crippen LogP contribution >= 0.6 is 0 Å². The first-order chi connectivity index (χ1) is 14.7. The first-order valence-corrected chi connectivity index (χ1v) is 11.6. The third-order valence-corrected chi connectivity index (χ3v) is 7.39. The molecule has 1 fully saturated rings. The van der Waals surface area contributed by atoms with Crippen LogP contribution in [0.3, 0.4) is 0 Å². The van der Waals surface area contributed by atoms with Crippen molar-refractivity contribution in [3.05, 3.63) is 53.6 Å². The molecule has 0 aromatic heterocycles. The average Bonchev–Trinajstić information content (AvgIpc) is 2.75. The predicted molar refractivity (Wildman–Crippen MR) is 119 cm³/mol. The van der Waals surface area contributed by atoms with Gasteiger partial charge in [0.15, 0.2) is 0 Å². The summed E-state index contributed by atoms with van der Waals surface area (Å²) in [5.41, 5.74) is 2.00. The van der Waals surface area contributed by atoms with Gasteiger partial charge in [0.05, 0.1) is 12.0 Å². The van der Waals surface area contributed by atoms with Gasteiger partial charge in [0.1, 0.15) is 0 Å². The summed E-state index contributed by atoms with van der Waals surface area (Å²) < 4.78 is 32.3. The smallest absolute Gasteiger partial charge is 0.411 e. The largest absolute Gasteiger partial charge is 0.453 e. The molecule has 1 heterocycles. The summed E-state index contributed by atoms with van der Waals surface area (Å²) in [4.78, 5) is 24.2. The molecule has 3 rings (SSSR count). The predicted octanol–water partition coefficient (Wildman–Crippen LogP) is 3.99. The van der Waals surface area contributed by atoms with Crippen molar-refractivity contribution >= 4 is 33.4 Å². The normalized spacial score (nSPS) is 17.1. The number of benzene rings is 2. The van der Waals surface area contributed by atoms with Gasteiger partial charge >= 0.3 is 6.09 Å². The molecular weight excluding hydrogens is 418 g/mol. The van der Waals surface area contributed by atoms with Crippen LogP contribution in [0.25, 0.3) is 0 Å². The van der Waals surface area contributed by atoms with Gasteiger partial charge in [-0.2, -0.15) is 4.31 Å². The van der Waals surface area contributed by atoms with Gasteiger partial charge in [-0.1, -0.05) is 12.5 Å². The van der Waals surface area contributed by atoms with Gasteiger partial charge in [-0.15, -0.1) is 0 Å². The number of nitrogens with one attached hydrogen (secondary N) is 2. The van der Waals surface area contributed by atoms with E-state index in [0.29, 0.717) is 29.0 Å².